The number of aromatic nitrogens is 2. The molecule has 0 unspecified atom stereocenters. The number of pyridine rings is 2. The van der Waals surface area contributed by atoms with Gasteiger partial charge in [-0.2, -0.15) is 0 Å². The first-order chi connectivity index (χ1) is 11.6. The van der Waals surface area contributed by atoms with Crippen LogP contribution in [0.1, 0.15) is 16.7 Å². The van der Waals surface area contributed by atoms with Crippen molar-refractivity contribution in [1.29, 1.82) is 0 Å². The Hall–Kier alpha value is -2.57. The fourth-order valence-electron chi connectivity index (χ4n) is 2.39. The third-order valence-electron chi connectivity index (χ3n) is 3.57. The van der Waals surface area contributed by atoms with Crippen LogP contribution in [0, 0.1) is 0 Å². The molecule has 122 valence electrons. The second-order valence-electron chi connectivity index (χ2n) is 5.33. The van der Waals surface area contributed by atoms with Crippen LogP contribution in [0.15, 0.2) is 78.2 Å². The van der Waals surface area contributed by atoms with Crippen molar-refractivity contribution in [1.82, 2.24) is 14.7 Å². The summed E-state index contributed by atoms with van der Waals surface area (Å²) >= 11 is 0. The molecule has 0 aliphatic heterocycles. The Morgan fingerprint density at radius 3 is 2.17 bits per heavy atom. The van der Waals surface area contributed by atoms with Crippen molar-refractivity contribution < 1.29 is 8.42 Å². The molecule has 0 aliphatic rings. The van der Waals surface area contributed by atoms with Gasteiger partial charge in [-0.15, -0.1) is 0 Å². The molecule has 0 atom stereocenters. The normalized spacial score (nSPS) is 11.3. The maximum atomic E-state index is 12.7. The van der Waals surface area contributed by atoms with Crippen LogP contribution in [-0.4, -0.2) is 18.4 Å². The molecule has 0 fully saturated rings. The standard InChI is InChI=1S/C18H17N3O2S/c22-24(23,21-14-16-6-4-10-20-13-16)18-8-2-1-7-17(18)11-15-5-3-9-19-12-15/h1-10,12-13,21H,11,14H2. The van der Waals surface area contributed by atoms with Gasteiger partial charge in [0.25, 0.3) is 0 Å². The van der Waals surface area contributed by atoms with Gasteiger partial charge in [-0.25, -0.2) is 13.1 Å². The van der Waals surface area contributed by atoms with Crippen molar-refractivity contribution >= 4 is 10.0 Å². The van der Waals surface area contributed by atoms with Crippen LogP contribution in [0.4, 0.5) is 0 Å². The smallest absolute Gasteiger partial charge is 0.241 e. The monoisotopic (exact) mass is 339 g/mol. The van der Waals surface area contributed by atoms with Crippen LogP contribution in [0.3, 0.4) is 0 Å². The average Bonchev–Trinajstić information content (AvgIpc) is 2.62. The highest BCUT2D eigenvalue weighted by Gasteiger charge is 2.18. The molecule has 0 radical (unpaired) electrons. The third-order valence-corrected chi connectivity index (χ3v) is 5.07. The second kappa shape index (κ2) is 7.33. The number of nitrogens with zero attached hydrogens (tertiary/aromatic N) is 2. The van der Waals surface area contributed by atoms with Crippen LogP contribution in [0.25, 0.3) is 0 Å². The van der Waals surface area contributed by atoms with Gasteiger partial charge in [-0.05, 0) is 34.9 Å². The largest absolute Gasteiger partial charge is 0.264 e. The molecule has 24 heavy (non-hydrogen) atoms. The van der Waals surface area contributed by atoms with Gasteiger partial charge in [0.15, 0.2) is 0 Å². The second-order valence-corrected chi connectivity index (χ2v) is 7.07. The molecule has 3 aromatic rings. The Labute approximate surface area is 141 Å². The number of benzene rings is 1. The van der Waals surface area contributed by atoms with Crippen LogP contribution >= 0.6 is 0 Å². The molecular formula is C18H17N3O2S. The van der Waals surface area contributed by atoms with E-state index >= 15 is 0 Å². The van der Waals surface area contributed by atoms with E-state index in [4.69, 9.17) is 0 Å². The van der Waals surface area contributed by atoms with Gasteiger partial charge >= 0.3 is 0 Å². The van der Waals surface area contributed by atoms with Crippen LogP contribution in [-0.2, 0) is 23.0 Å². The highest BCUT2D eigenvalue weighted by molar-refractivity contribution is 7.89. The summed E-state index contributed by atoms with van der Waals surface area (Å²) in [4.78, 5) is 8.36. The molecular weight excluding hydrogens is 322 g/mol. The highest BCUT2D eigenvalue weighted by Crippen LogP contribution is 2.19. The van der Waals surface area contributed by atoms with E-state index in [0.29, 0.717) is 6.42 Å². The lowest BCUT2D eigenvalue weighted by Crippen LogP contribution is -2.24. The fourth-order valence-corrected chi connectivity index (χ4v) is 3.65. The molecule has 3 rings (SSSR count). The Bertz CT molecular complexity index is 898. The summed E-state index contributed by atoms with van der Waals surface area (Å²) in [6, 6.07) is 14.4. The van der Waals surface area contributed by atoms with E-state index in [0.717, 1.165) is 16.7 Å². The first kappa shape index (κ1) is 16.3. The summed E-state index contributed by atoms with van der Waals surface area (Å²) in [5.74, 6) is 0. The summed E-state index contributed by atoms with van der Waals surface area (Å²) in [5.41, 5.74) is 2.52. The highest BCUT2D eigenvalue weighted by atomic mass is 32.2. The molecule has 1 aromatic carbocycles. The van der Waals surface area contributed by atoms with Gasteiger partial charge in [-0.3, -0.25) is 9.97 Å². The minimum atomic E-state index is -3.61. The first-order valence-corrected chi connectivity index (χ1v) is 8.99. The zero-order valence-corrected chi connectivity index (χ0v) is 13.8. The van der Waals surface area contributed by atoms with Crippen molar-refractivity contribution in [3.05, 3.63) is 90.0 Å². The van der Waals surface area contributed by atoms with Crippen molar-refractivity contribution in [3.63, 3.8) is 0 Å². The van der Waals surface area contributed by atoms with Crippen molar-refractivity contribution in [3.8, 4) is 0 Å². The van der Waals surface area contributed by atoms with E-state index in [1.807, 2.05) is 30.3 Å². The zero-order valence-electron chi connectivity index (χ0n) is 13.0. The lowest BCUT2D eigenvalue weighted by atomic mass is 10.1. The van der Waals surface area contributed by atoms with E-state index in [-0.39, 0.29) is 11.4 Å². The van der Waals surface area contributed by atoms with E-state index in [2.05, 4.69) is 14.7 Å². The molecule has 2 aromatic heterocycles. The molecule has 0 saturated heterocycles. The quantitative estimate of drug-likeness (QED) is 0.749. The number of hydrogen-bond donors (Lipinski definition) is 1. The SMILES string of the molecule is O=S(=O)(NCc1cccnc1)c1ccccc1Cc1cccnc1. The predicted octanol–water partition coefficient (Wildman–Crippen LogP) is 2.55. The summed E-state index contributed by atoms with van der Waals surface area (Å²) in [6.07, 6.45) is 7.25. The van der Waals surface area contributed by atoms with E-state index in [9.17, 15) is 8.42 Å². The number of nitrogens with one attached hydrogen (secondary N) is 1. The topological polar surface area (TPSA) is 72.0 Å². The lowest BCUT2D eigenvalue weighted by Gasteiger charge is -2.11. The summed E-state index contributed by atoms with van der Waals surface area (Å²) in [5, 5.41) is 0. The number of hydrogen-bond acceptors (Lipinski definition) is 4. The van der Waals surface area contributed by atoms with E-state index < -0.39 is 10.0 Å². The summed E-state index contributed by atoms with van der Waals surface area (Å²) < 4.78 is 28.0. The number of sulfonamides is 1. The van der Waals surface area contributed by atoms with E-state index in [1.165, 1.54) is 0 Å². The van der Waals surface area contributed by atoms with Crippen molar-refractivity contribution in [2.24, 2.45) is 0 Å². The minimum absolute atomic E-state index is 0.206. The Morgan fingerprint density at radius 2 is 1.50 bits per heavy atom. The molecule has 2 heterocycles. The van der Waals surface area contributed by atoms with Crippen LogP contribution < -0.4 is 4.72 Å². The van der Waals surface area contributed by atoms with Gasteiger partial charge in [-0.1, -0.05) is 30.3 Å². The van der Waals surface area contributed by atoms with Gasteiger partial charge in [0.05, 0.1) is 4.90 Å². The zero-order chi connectivity index (χ0) is 16.8. The van der Waals surface area contributed by atoms with Gasteiger partial charge in [0.2, 0.25) is 10.0 Å². The molecule has 0 saturated carbocycles. The van der Waals surface area contributed by atoms with Crippen molar-refractivity contribution in [2.45, 2.75) is 17.9 Å². The summed E-state index contributed by atoms with van der Waals surface area (Å²) in [6.45, 7) is 0.206. The maximum absolute atomic E-state index is 12.7. The maximum Gasteiger partial charge on any atom is 0.241 e. The number of rotatable bonds is 6. The van der Waals surface area contributed by atoms with Gasteiger partial charge in [0, 0.05) is 37.8 Å². The molecule has 5 nitrogen and oxygen atoms in total. The van der Waals surface area contributed by atoms with Gasteiger partial charge in [0.1, 0.15) is 0 Å². The molecule has 0 amide bonds. The molecule has 0 aliphatic carbocycles. The average molecular weight is 339 g/mol. The lowest BCUT2D eigenvalue weighted by molar-refractivity contribution is 0.580. The van der Waals surface area contributed by atoms with Crippen molar-refractivity contribution in [2.75, 3.05) is 0 Å². The molecule has 1 N–H and O–H groups in total. The van der Waals surface area contributed by atoms with E-state index in [1.54, 1.807) is 43.0 Å². The molecule has 0 bridgehead atoms. The molecule has 0 spiro atoms. The summed E-state index contributed by atoms with van der Waals surface area (Å²) in [7, 11) is -3.61. The Kier molecular flexibility index (Phi) is 4.98. The van der Waals surface area contributed by atoms with Gasteiger partial charge < -0.3 is 0 Å². The first-order valence-electron chi connectivity index (χ1n) is 7.50. The third kappa shape index (κ3) is 4.04. The Morgan fingerprint density at radius 1 is 0.833 bits per heavy atom. The molecule has 6 heteroatoms. The Balaban J connectivity index is 1.82. The van der Waals surface area contributed by atoms with Crippen LogP contribution in [0.5, 0.6) is 0 Å². The predicted molar refractivity (Wildman–Crippen MR) is 91.7 cm³/mol. The van der Waals surface area contributed by atoms with Crippen LogP contribution in [0.2, 0.25) is 0 Å². The fraction of sp³-hybridized carbons (Fsp3) is 0.111. The minimum Gasteiger partial charge on any atom is -0.264 e.